The zero-order valence-electron chi connectivity index (χ0n) is 12.2. The molecule has 0 radical (unpaired) electrons. The highest BCUT2D eigenvalue weighted by Crippen LogP contribution is 2.26. The first-order valence-corrected chi connectivity index (χ1v) is 6.91. The molecule has 2 aromatic heterocycles. The van der Waals surface area contributed by atoms with Crippen LogP contribution in [0.3, 0.4) is 0 Å². The van der Waals surface area contributed by atoms with Gasteiger partial charge in [0.2, 0.25) is 0 Å². The lowest BCUT2D eigenvalue weighted by Gasteiger charge is -2.04. The normalized spacial score (nSPS) is 11.7. The van der Waals surface area contributed by atoms with Crippen LogP contribution in [0.15, 0.2) is 48.3 Å². The van der Waals surface area contributed by atoms with Crippen molar-refractivity contribution in [3.05, 3.63) is 65.6 Å². The molecular weight excluding hydrogens is 300 g/mol. The number of aromatic nitrogens is 2. The van der Waals surface area contributed by atoms with Gasteiger partial charge in [0.05, 0.1) is 16.9 Å². The molecule has 23 heavy (non-hydrogen) atoms. The number of pyridine rings is 1. The van der Waals surface area contributed by atoms with Gasteiger partial charge in [-0.3, -0.25) is 9.78 Å². The van der Waals surface area contributed by atoms with Crippen molar-refractivity contribution in [3.8, 4) is 0 Å². The molecule has 0 aliphatic rings. The lowest BCUT2D eigenvalue weighted by molar-refractivity contribution is -0.112. The predicted molar refractivity (Wildman–Crippen MR) is 84.7 cm³/mol. The van der Waals surface area contributed by atoms with Crippen LogP contribution in [0.5, 0.6) is 0 Å². The van der Waals surface area contributed by atoms with Gasteiger partial charge in [-0.1, -0.05) is 6.07 Å². The topological polar surface area (TPSA) is 57.8 Å². The number of hydrogen-bond acceptors (Lipinski definition) is 2. The van der Waals surface area contributed by atoms with Crippen molar-refractivity contribution in [1.29, 1.82) is 0 Å². The summed E-state index contributed by atoms with van der Waals surface area (Å²) in [5, 5.41) is 3.08. The molecule has 1 amide bonds. The maximum Gasteiger partial charge on any atom is 0.251 e. The van der Waals surface area contributed by atoms with Crippen LogP contribution in [0, 0.1) is 11.6 Å². The molecule has 1 aromatic carbocycles. The Hall–Kier alpha value is -3.02. The summed E-state index contributed by atoms with van der Waals surface area (Å²) in [7, 11) is 0. The summed E-state index contributed by atoms with van der Waals surface area (Å²) < 4.78 is 26.6. The molecule has 0 atom stereocenters. The average molecular weight is 313 g/mol. The van der Waals surface area contributed by atoms with Crippen LogP contribution in [0.25, 0.3) is 17.0 Å². The number of H-pyrrole nitrogens is 1. The molecule has 0 aliphatic carbocycles. The van der Waals surface area contributed by atoms with Gasteiger partial charge in [0.1, 0.15) is 0 Å². The average Bonchev–Trinajstić information content (AvgIpc) is 2.91. The lowest BCUT2D eigenvalue weighted by Crippen LogP contribution is -2.12. The molecule has 0 bridgehead atoms. The van der Waals surface area contributed by atoms with E-state index in [4.69, 9.17) is 0 Å². The number of nitrogens with one attached hydrogen (secondary N) is 2. The first-order valence-electron chi connectivity index (χ1n) is 6.91. The number of benzene rings is 1. The summed E-state index contributed by atoms with van der Waals surface area (Å²) in [5.41, 5.74) is 1.90. The summed E-state index contributed by atoms with van der Waals surface area (Å²) in [4.78, 5) is 19.1. The van der Waals surface area contributed by atoms with Crippen LogP contribution in [-0.2, 0) is 4.79 Å². The van der Waals surface area contributed by atoms with Gasteiger partial charge in [-0.2, -0.15) is 0 Å². The Kier molecular flexibility index (Phi) is 3.89. The Morgan fingerprint density at radius 2 is 2.04 bits per heavy atom. The second-order valence-electron chi connectivity index (χ2n) is 5.05. The number of anilines is 1. The van der Waals surface area contributed by atoms with Gasteiger partial charge in [-0.25, -0.2) is 8.78 Å². The van der Waals surface area contributed by atoms with Gasteiger partial charge in [0.15, 0.2) is 11.6 Å². The number of carbonyl (C=O) groups excluding carboxylic acids is 1. The number of fused-ring (bicyclic) bond motifs is 1. The van der Waals surface area contributed by atoms with E-state index >= 15 is 0 Å². The van der Waals surface area contributed by atoms with Crippen LogP contribution >= 0.6 is 0 Å². The molecule has 4 nitrogen and oxygen atoms in total. The van der Waals surface area contributed by atoms with Crippen molar-refractivity contribution in [3.63, 3.8) is 0 Å². The molecule has 3 rings (SSSR count). The number of carbonyl (C=O) groups is 1. The van der Waals surface area contributed by atoms with Gasteiger partial charge in [0, 0.05) is 29.4 Å². The fraction of sp³-hybridized carbons (Fsp3) is 0.0588. The molecule has 0 aliphatic heterocycles. The van der Waals surface area contributed by atoms with Crippen LogP contribution in [0.2, 0.25) is 0 Å². The second kappa shape index (κ2) is 6.00. The highest BCUT2D eigenvalue weighted by molar-refractivity contribution is 6.10. The molecule has 6 heteroatoms. The van der Waals surface area contributed by atoms with E-state index in [-0.39, 0.29) is 5.91 Å². The highest BCUT2D eigenvalue weighted by Gasteiger charge is 2.12. The van der Waals surface area contributed by atoms with Gasteiger partial charge >= 0.3 is 0 Å². The number of halogens is 2. The van der Waals surface area contributed by atoms with Crippen molar-refractivity contribution >= 4 is 28.6 Å². The van der Waals surface area contributed by atoms with Crippen LogP contribution in [0.4, 0.5) is 14.5 Å². The number of nitrogens with zero attached hydrogens (tertiary/aromatic N) is 1. The van der Waals surface area contributed by atoms with Crippen molar-refractivity contribution in [2.45, 2.75) is 6.92 Å². The van der Waals surface area contributed by atoms with Crippen molar-refractivity contribution in [1.82, 2.24) is 9.97 Å². The maximum absolute atomic E-state index is 13.4. The Labute approximate surface area is 130 Å². The third-order valence-corrected chi connectivity index (χ3v) is 3.38. The highest BCUT2D eigenvalue weighted by atomic mass is 19.2. The Morgan fingerprint density at radius 1 is 1.26 bits per heavy atom. The van der Waals surface area contributed by atoms with E-state index in [0.29, 0.717) is 27.9 Å². The minimum Gasteiger partial charge on any atom is -0.359 e. The van der Waals surface area contributed by atoms with Crippen LogP contribution in [0.1, 0.15) is 12.6 Å². The Balaban J connectivity index is 1.86. The molecular formula is C17H13F2N3O. The van der Waals surface area contributed by atoms with E-state index in [2.05, 4.69) is 15.3 Å². The Morgan fingerprint density at radius 3 is 2.78 bits per heavy atom. The van der Waals surface area contributed by atoms with E-state index in [1.165, 1.54) is 6.20 Å². The summed E-state index contributed by atoms with van der Waals surface area (Å²) >= 11 is 0. The van der Waals surface area contributed by atoms with E-state index in [1.54, 1.807) is 31.3 Å². The number of amides is 1. The minimum atomic E-state index is -0.964. The predicted octanol–water partition coefficient (Wildman–Crippen LogP) is 3.88. The van der Waals surface area contributed by atoms with Crippen molar-refractivity contribution in [2.75, 3.05) is 5.32 Å². The molecule has 0 unspecified atom stereocenters. The molecule has 116 valence electrons. The fourth-order valence-corrected chi connectivity index (χ4v) is 2.19. The summed E-state index contributed by atoms with van der Waals surface area (Å²) in [6, 6.07) is 7.49. The minimum absolute atomic E-state index is 0.346. The van der Waals surface area contributed by atoms with E-state index in [1.807, 2.05) is 6.07 Å². The largest absolute Gasteiger partial charge is 0.359 e. The van der Waals surface area contributed by atoms with Crippen molar-refractivity contribution < 1.29 is 13.6 Å². The zero-order valence-corrected chi connectivity index (χ0v) is 12.2. The van der Waals surface area contributed by atoms with E-state index in [9.17, 15) is 13.6 Å². The van der Waals surface area contributed by atoms with E-state index < -0.39 is 11.6 Å². The van der Waals surface area contributed by atoms with Gasteiger partial charge in [-0.15, -0.1) is 0 Å². The second-order valence-corrected chi connectivity index (χ2v) is 5.05. The number of rotatable bonds is 3. The molecule has 0 fully saturated rings. The van der Waals surface area contributed by atoms with Gasteiger partial charge in [0.25, 0.3) is 5.91 Å². The molecule has 3 aromatic rings. The van der Waals surface area contributed by atoms with Gasteiger partial charge in [-0.05, 0) is 31.2 Å². The zero-order chi connectivity index (χ0) is 16.4. The van der Waals surface area contributed by atoms with Gasteiger partial charge < -0.3 is 10.3 Å². The van der Waals surface area contributed by atoms with E-state index in [0.717, 1.165) is 12.1 Å². The van der Waals surface area contributed by atoms with Crippen LogP contribution in [-0.4, -0.2) is 15.9 Å². The number of hydrogen-bond donors (Lipinski definition) is 2. The third-order valence-electron chi connectivity index (χ3n) is 3.38. The summed E-state index contributed by atoms with van der Waals surface area (Å²) in [5.74, 6) is -2.25. The molecule has 0 saturated heterocycles. The molecule has 2 N–H and O–H groups in total. The summed E-state index contributed by atoms with van der Waals surface area (Å²) in [6.07, 6.45) is 4.77. The molecule has 0 saturated carbocycles. The maximum atomic E-state index is 13.4. The molecule has 2 heterocycles. The third kappa shape index (κ3) is 3.11. The van der Waals surface area contributed by atoms with Crippen molar-refractivity contribution in [2.24, 2.45) is 0 Å². The summed E-state index contributed by atoms with van der Waals surface area (Å²) in [6.45, 7) is 1.65. The fourth-order valence-electron chi connectivity index (χ4n) is 2.19. The first kappa shape index (κ1) is 14.9. The standard InChI is InChI=1S/C17H13F2N3O/c1-10(6-11-4-2-3-5-20-11)17(23)22-16-9-21-15-8-14(19)13(18)7-12(15)16/h2-9,21H,1H3,(H,22,23)/b10-6+. The smallest absolute Gasteiger partial charge is 0.251 e. The SMILES string of the molecule is C/C(=C\c1ccccn1)C(=O)Nc1c[nH]c2cc(F)c(F)cc12. The lowest BCUT2D eigenvalue weighted by atomic mass is 10.2. The van der Waals surface area contributed by atoms with Crippen LogP contribution < -0.4 is 5.32 Å². The quantitative estimate of drug-likeness (QED) is 0.721. The number of aromatic amines is 1. The Bertz CT molecular complexity index is 901. The molecule has 0 spiro atoms. The first-order chi connectivity index (χ1) is 11.0. The monoisotopic (exact) mass is 313 g/mol.